The van der Waals surface area contributed by atoms with Gasteiger partial charge in [0.25, 0.3) is 5.56 Å². The molecular weight excluding hydrogens is 534 g/mol. The van der Waals surface area contributed by atoms with E-state index < -0.39 is 12.1 Å². The summed E-state index contributed by atoms with van der Waals surface area (Å²) < 4.78 is 23.5. The highest BCUT2D eigenvalue weighted by Crippen LogP contribution is 2.34. The average Bonchev–Trinajstić information content (AvgIpc) is 2.97. The number of carbonyl (C=O) groups excluding carboxylic acids is 1. The van der Waals surface area contributed by atoms with Crippen LogP contribution in [0.4, 0.5) is 0 Å². The molecule has 0 saturated heterocycles. The maximum atomic E-state index is 13.8. The normalized spacial score (nSPS) is 12.1. The van der Waals surface area contributed by atoms with E-state index in [0.717, 1.165) is 22.4 Å². The Morgan fingerprint density at radius 2 is 1.69 bits per heavy atom. The monoisotopic (exact) mass is 571 g/mol. The molecule has 1 atom stereocenters. The molecule has 0 aliphatic heterocycles. The summed E-state index contributed by atoms with van der Waals surface area (Å²) in [6, 6.07) is 16.5. The first-order valence-corrected chi connectivity index (χ1v) is 14.0. The lowest BCUT2D eigenvalue weighted by atomic mass is 9.96. The summed E-state index contributed by atoms with van der Waals surface area (Å²) in [5.74, 6) is 1.76. The molecule has 220 valence electrons. The molecule has 0 fully saturated rings. The zero-order chi connectivity index (χ0) is 30.4. The lowest BCUT2D eigenvalue weighted by Gasteiger charge is -2.18. The van der Waals surface area contributed by atoms with Crippen molar-refractivity contribution in [2.45, 2.75) is 53.6 Å². The SMILES string of the molecule is CCOc1cc(C=Nn2c(-c3cc(C(C)C)c(OCC)cc3C)nc3ccccc3c2=O)ccc1O[C@@H](C)C(=O)OC. The summed E-state index contributed by atoms with van der Waals surface area (Å²) >= 11 is 0. The number of esters is 1. The maximum absolute atomic E-state index is 13.8. The first-order chi connectivity index (χ1) is 20.2. The van der Waals surface area contributed by atoms with Gasteiger partial charge >= 0.3 is 5.97 Å². The van der Waals surface area contributed by atoms with Crippen LogP contribution in [0.1, 0.15) is 57.2 Å². The molecule has 0 N–H and O–H groups in total. The Balaban J connectivity index is 1.85. The quantitative estimate of drug-likeness (QED) is 0.158. The summed E-state index contributed by atoms with van der Waals surface area (Å²) in [6.07, 6.45) is 0.761. The average molecular weight is 572 g/mol. The molecule has 0 saturated carbocycles. The maximum Gasteiger partial charge on any atom is 0.346 e. The highest BCUT2D eigenvalue weighted by atomic mass is 16.6. The van der Waals surface area contributed by atoms with Gasteiger partial charge in [-0.2, -0.15) is 9.78 Å². The van der Waals surface area contributed by atoms with Crippen LogP contribution < -0.4 is 19.8 Å². The minimum absolute atomic E-state index is 0.189. The summed E-state index contributed by atoms with van der Waals surface area (Å²) in [4.78, 5) is 30.5. The van der Waals surface area contributed by atoms with Gasteiger partial charge in [-0.1, -0.05) is 26.0 Å². The van der Waals surface area contributed by atoms with Crippen LogP contribution in [-0.4, -0.2) is 48.3 Å². The van der Waals surface area contributed by atoms with E-state index in [1.807, 2.05) is 45.0 Å². The van der Waals surface area contributed by atoms with E-state index in [9.17, 15) is 9.59 Å². The Morgan fingerprint density at radius 1 is 0.976 bits per heavy atom. The molecule has 4 rings (SSSR count). The van der Waals surface area contributed by atoms with E-state index in [4.69, 9.17) is 23.9 Å². The van der Waals surface area contributed by atoms with Crippen molar-refractivity contribution in [1.29, 1.82) is 0 Å². The largest absolute Gasteiger partial charge is 0.494 e. The van der Waals surface area contributed by atoms with E-state index >= 15 is 0 Å². The van der Waals surface area contributed by atoms with Crippen LogP contribution in [0.15, 0.2) is 64.5 Å². The van der Waals surface area contributed by atoms with Crippen molar-refractivity contribution in [2.75, 3.05) is 20.3 Å². The molecule has 0 bridgehead atoms. The molecule has 9 heteroatoms. The Hall–Kier alpha value is -4.66. The second-order valence-corrected chi connectivity index (χ2v) is 10.0. The lowest BCUT2D eigenvalue weighted by Crippen LogP contribution is -2.25. The Bertz CT molecular complexity index is 1670. The lowest BCUT2D eigenvalue weighted by molar-refractivity contribution is -0.147. The second-order valence-electron chi connectivity index (χ2n) is 10.0. The molecular formula is C33H37N3O6. The van der Waals surface area contributed by atoms with Gasteiger partial charge in [-0.15, -0.1) is 0 Å². The van der Waals surface area contributed by atoms with Gasteiger partial charge in [0.15, 0.2) is 23.4 Å². The molecule has 1 heterocycles. The van der Waals surface area contributed by atoms with Gasteiger partial charge in [-0.3, -0.25) is 4.79 Å². The number of fused-ring (bicyclic) bond motifs is 1. The van der Waals surface area contributed by atoms with Crippen LogP contribution in [0, 0.1) is 6.92 Å². The molecule has 42 heavy (non-hydrogen) atoms. The Labute approximate surface area is 245 Å². The Kier molecular flexibility index (Phi) is 9.62. The van der Waals surface area contributed by atoms with Crippen LogP contribution in [0.2, 0.25) is 0 Å². The fraction of sp³-hybridized carbons (Fsp3) is 0.333. The summed E-state index contributed by atoms with van der Waals surface area (Å²) in [7, 11) is 1.31. The number of benzene rings is 3. The number of aromatic nitrogens is 2. The molecule has 4 aromatic rings. The predicted octanol–water partition coefficient (Wildman–Crippen LogP) is 6.12. The number of rotatable bonds is 11. The summed E-state index contributed by atoms with van der Waals surface area (Å²) in [5.41, 5.74) is 3.68. The second kappa shape index (κ2) is 13.3. The smallest absolute Gasteiger partial charge is 0.346 e. The van der Waals surface area contributed by atoms with Crippen molar-refractivity contribution in [3.05, 3.63) is 81.6 Å². The number of nitrogens with zero attached hydrogens (tertiary/aromatic N) is 3. The van der Waals surface area contributed by atoms with Crippen molar-refractivity contribution < 1.29 is 23.7 Å². The van der Waals surface area contributed by atoms with E-state index in [1.165, 1.54) is 11.8 Å². The number of para-hydroxylation sites is 1. The molecule has 0 spiro atoms. The zero-order valence-corrected chi connectivity index (χ0v) is 25.1. The Morgan fingerprint density at radius 3 is 2.38 bits per heavy atom. The minimum atomic E-state index is -0.813. The zero-order valence-electron chi connectivity index (χ0n) is 25.1. The number of ether oxygens (including phenoxy) is 4. The third-order valence-corrected chi connectivity index (χ3v) is 6.70. The highest BCUT2D eigenvalue weighted by molar-refractivity contribution is 5.83. The number of hydrogen-bond donors (Lipinski definition) is 0. The van der Waals surface area contributed by atoms with Crippen molar-refractivity contribution >= 4 is 23.1 Å². The highest BCUT2D eigenvalue weighted by Gasteiger charge is 2.20. The van der Waals surface area contributed by atoms with Gasteiger partial charge in [0.05, 0.1) is 37.4 Å². The minimum Gasteiger partial charge on any atom is -0.494 e. The standard InChI is InChI=1S/C33H37N3O6/c1-8-40-29-16-21(5)26(18-25(29)20(3)4)31-35-27-13-11-10-12-24(27)32(37)36(31)34-19-23-14-15-28(30(17-23)41-9-2)42-22(6)33(38)39-7/h10-20,22H,8-9H2,1-7H3/t22-/m0/s1. The van der Waals surface area contributed by atoms with Gasteiger partial charge in [-0.05, 0) is 92.8 Å². The van der Waals surface area contributed by atoms with Gasteiger partial charge in [0.2, 0.25) is 0 Å². The number of carbonyl (C=O) groups is 1. The van der Waals surface area contributed by atoms with Crippen LogP contribution in [-0.2, 0) is 9.53 Å². The van der Waals surface area contributed by atoms with E-state index in [2.05, 4.69) is 18.9 Å². The molecule has 9 nitrogen and oxygen atoms in total. The first kappa shape index (κ1) is 30.3. The molecule has 0 aliphatic carbocycles. The third-order valence-electron chi connectivity index (χ3n) is 6.70. The van der Waals surface area contributed by atoms with Gasteiger partial charge in [-0.25, -0.2) is 9.78 Å². The number of aryl methyl sites for hydroxylation is 1. The summed E-state index contributed by atoms with van der Waals surface area (Å²) in [6.45, 7) is 12.5. The van der Waals surface area contributed by atoms with E-state index in [-0.39, 0.29) is 11.5 Å². The molecule has 3 aromatic carbocycles. The van der Waals surface area contributed by atoms with Crippen LogP contribution in [0.5, 0.6) is 17.2 Å². The van der Waals surface area contributed by atoms with Crippen molar-refractivity contribution in [3.63, 3.8) is 0 Å². The van der Waals surface area contributed by atoms with Crippen LogP contribution >= 0.6 is 0 Å². The van der Waals surface area contributed by atoms with Crippen LogP contribution in [0.25, 0.3) is 22.3 Å². The van der Waals surface area contributed by atoms with Crippen molar-refractivity contribution in [1.82, 2.24) is 9.66 Å². The van der Waals surface area contributed by atoms with E-state index in [1.54, 1.807) is 43.5 Å². The van der Waals surface area contributed by atoms with Crippen LogP contribution in [0.3, 0.4) is 0 Å². The molecule has 0 unspecified atom stereocenters. The first-order valence-electron chi connectivity index (χ1n) is 14.0. The van der Waals surface area contributed by atoms with Crippen molar-refractivity contribution in [3.8, 4) is 28.6 Å². The fourth-order valence-corrected chi connectivity index (χ4v) is 4.58. The van der Waals surface area contributed by atoms with Crippen molar-refractivity contribution in [2.24, 2.45) is 5.10 Å². The third kappa shape index (κ3) is 6.46. The molecule has 0 amide bonds. The number of methoxy groups -OCH3 is 1. The van der Waals surface area contributed by atoms with Gasteiger partial charge in [0.1, 0.15) is 5.75 Å². The van der Waals surface area contributed by atoms with Gasteiger partial charge < -0.3 is 18.9 Å². The molecule has 0 radical (unpaired) electrons. The predicted molar refractivity (Wildman–Crippen MR) is 164 cm³/mol. The molecule has 0 aliphatic rings. The number of hydrogen-bond acceptors (Lipinski definition) is 8. The fourth-order valence-electron chi connectivity index (χ4n) is 4.58. The van der Waals surface area contributed by atoms with Gasteiger partial charge in [0, 0.05) is 5.56 Å². The topological polar surface area (TPSA) is 101 Å². The molecule has 1 aromatic heterocycles. The van der Waals surface area contributed by atoms with E-state index in [0.29, 0.717) is 47.0 Å². The summed E-state index contributed by atoms with van der Waals surface area (Å²) in [5, 5.41) is 5.08.